The number of hydrogen-bond acceptors (Lipinski definition) is 5. The lowest BCUT2D eigenvalue weighted by atomic mass is 10.1. The molecule has 0 bridgehead atoms. The third kappa shape index (κ3) is 4.33. The van der Waals surface area contributed by atoms with E-state index in [2.05, 4.69) is 6.92 Å². The molecule has 0 unspecified atom stereocenters. The zero-order valence-corrected chi connectivity index (χ0v) is 15.6. The van der Waals surface area contributed by atoms with Gasteiger partial charge in [-0.25, -0.2) is 0 Å². The fourth-order valence-corrected chi connectivity index (χ4v) is 2.97. The maximum atomic E-state index is 12.6. The van der Waals surface area contributed by atoms with E-state index in [4.69, 9.17) is 9.47 Å². The van der Waals surface area contributed by atoms with Crippen LogP contribution in [-0.4, -0.2) is 23.2 Å². The van der Waals surface area contributed by atoms with Gasteiger partial charge < -0.3 is 14.0 Å². The molecule has 0 fully saturated rings. The van der Waals surface area contributed by atoms with Crippen molar-refractivity contribution in [2.75, 3.05) is 13.7 Å². The van der Waals surface area contributed by atoms with Crippen molar-refractivity contribution in [1.29, 1.82) is 0 Å². The normalized spacial score (nSPS) is 10.9. The van der Waals surface area contributed by atoms with Crippen LogP contribution >= 0.6 is 0 Å². The highest BCUT2D eigenvalue weighted by Gasteiger charge is 2.19. The fraction of sp³-hybridized carbons (Fsp3) is 0.526. The Kier molecular flexibility index (Phi) is 7.00. The lowest BCUT2D eigenvalue weighted by Gasteiger charge is -2.15. The van der Waals surface area contributed by atoms with Crippen LogP contribution in [0.4, 0.5) is 5.69 Å². The number of aryl methyl sites for hydroxylation is 1. The van der Waals surface area contributed by atoms with Crippen LogP contribution in [0.3, 0.4) is 0 Å². The summed E-state index contributed by atoms with van der Waals surface area (Å²) in [5, 5.41) is 11.6. The van der Waals surface area contributed by atoms with Crippen LogP contribution < -0.4 is 15.0 Å². The average molecular weight is 362 g/mol. The number of nitro groups is 1. The Labute approximate surface area is 152 Å². The summed E-state index contributed by atoms with van der Waals surface area (Å²) in [6.07, 6.45) is 6.76. The summed E-state index contributed by atoms with van der Waals surface area (Å²) >= 11 is 0. The average Bonchev–Trinajstić information content (AvgIpc) is 2.64. The molecule has 142 valence electrons. The molecule has 2 rings (SSSR count). The van der Waals surface area contributed by atoms with E-state index in [1.165, 1.54) is 43.1 Å². The third-order valence-corrected chi connectivity index (χ3v) is 4.45. The summed E-state index contributed by atoms with van der Waals surface area (Å²) in [5.74, 6) is 0.480. The summed E-state index contributed by atoms with van der Waals surface area (Å²) in [7, 11) is 3.04. The summed E-state index contributed by atoms with van der Waals surface area (Å²) in [6.45, 7) is 2.62. The van der Waals surface area contributed by atoms with Gasteiger partial charge in [-0.05, 0) is 12.5 Å². The van der Waals surface area contributed by atoms with Gasteiger partial charge in [0, 0.05) is 24.6 Å². The Morgan fingerprint density at radius 3 is 2.46 bits per heavy atom. The van der Waals surface area contributed by atoms with Crippen molar-refractivity contribution < 1.29 is 14.4 Å². The van der Waals surface area contributed by atoms with Crippen molar-refractivity contribution >= 4 is 16.6 Å². The summed E-state index contributed by atoms with van der Waals surface area (Å²) in [5.41, 5.74) is 0.00379. The molecular weight excluding hydrogens is 336 g/mol. The van der Waals surface area contributed by atoms with Crippen molar-refractivity contribution in [2.45, 2.75) is 45.4 Å². The number of fused-ring (bicyclic) bond motifs is 1. The van der Waals surface area contributed by atoms with E-state index >= 15 is 0 Å². The third-order valence-electron chi connectivity index (χ3n) is 4.45. The standard InChI is InChI=1S/C19H26N2O5/c1-4-5-6-7-8-9-12-26-18-17(25-3)15-11-10-14(21(23)24)13-16(15)20(2)19(18)22/h10-11,13H,4-9,12H2,1-3H3. The van der Waals surface area contributed by atoms with Crippen molar-refractivity contribution in [3.63, 3.8) is 0 Å². The van der Waals surface area contributed by atoms with Gasteiger partial charge in [0.15, 0.2) is 5.75 Å². The summed E-state index contributed by atoms with van der Waals surface area (Å²) in [4.78, 5) is 23.1. The van der Waals surface area contributed by atoms with Crippen LogP contribution in [-0.2, 0) is 7.05 Å². The molecule has 1 aromatic heterocycles. The lowest BCUT2D eigenvalue weighted by molar-refractivity contribution is -0.384. The molecule has 0 amide bonds. The van der Waals surface area contributed by atoms with Gasteiger partial charge in [-0.15, -0.1) is 0 Å². The van der Waals surface area contributed by atoms with Gasteiger partial charge >= 0.3 is 0 Å². The quantitative estimate of drug-likeness (QED) is 0.359. The number of hydrogen-bond donors (Lipinski definition) is 0. The lowest BCUT2D eigenvalue weighted by Crippen LogP contribution is -2.21. The van der Waals surface area contributed by atoms with Gasteiger partial charge in [-0.2, -0.15) is 0 Å². The fourth-order valence-electron chi connectivity index (χ4n) is 2.97. The number of pyridine rings is 1. The molecule has 0 atom stereocenters. The molecular formula is C19H26N2O5. The maximum Gasteiger partial charge on any atom is 0.297 e. The molecule has 1 aromatic carbocycles. The number of benzene rings is 1. The molecule has 0 spiro atoms. The van der Waals surface area contributed by atoms with Gasteiger partial charge in [0.25, 0.3) is 11.2 Å². The molecule has 0 saturated carbocycles. The molecule has 0 aliphatic heterocycles. The smallest absolute Gasteiger partial charge is 0.297 e. The molecule has 0 aliphatic rings. The molecule has 7 heteroatoms. The second kappa shape index (κ2) is 9.22. The van der Waals surface area contributed by atoms with Gasteiger partial charge in [0.1, 0.15) is 0 Å². The number of rotatable bonds is 10. The van der Waals surface area contributed by atoms with Gasteiger partial charge in [-0.1, -0.05) is 39.0 Å². The van der Waals surface area contributed by atoms with E-state index in [9.17, 15) is 14.9 Å². The molecule has 0 aliphatic carbocycles. The van der Waals surface area contributed by atoms with E-state index in [-0.39, 0.29) is 17.0 Å². The number of methoxy groups -OCH3 is 1. The number of nitrogens with zero attached hydrogens (tertiary/aromatic N) is 2. The minimum absolute atomic E-state index is 0.0738. The zero-order valence-electron chi connectivity index (χ0n) is 15.6. The molecule has 0 radical (unpaired) electrons. The van der Waals surface area contributed by atoms with Gasteiger partial charge in [0.05, 0.1) is 24.2 Å². The predicted molar refractivity (Wildman–Crippen MR) is 101 cm³/mol. The summed E-state index contributed by atoms with van der Waals surface area (Å²) in [6, 6.07) is 4.35. The first-order valence-corrected chi connectivity index (χ1v) is 8.99. The van der Waals surface area contributed by atoms with Gasteiger partial charge in [-0.3, -0.25) is 14.9 Å². The Balaban J connectivity index is 2.24. The van der Waals surface area contributed by atoms with Crippen LogP contribution in [0.1, 0.15) is 45.4 Å². The topological polar surface area (TPSA) is 83.6 Å². The van der Waals surface area contributed by atoms with Crippen LogP contribution in [0.25, 0.3) is 10.9 Å². The van der Waals surface area contributed by atoms with E-state index in [1.807, 2.05) is 0 Å². The molecule has 0 saturated heterocycles. The highest BCUT2D eigenvalue weighted by Crippen LogP contribution is 2.34. The first kappa shape index (κ1) is 19.8. The van der Waals surface area contributed by atoms with Gasteiger partial charge in [0.2, 0.25) is 5.75 Å². The Hall–Kier alpha value is -2.57. The minimum Gasteiger partial charge on any atom is -0.492 e. The number of aromatic nitrogens is 1. The number of ether oxygens (including phenoxy) is 2. The molecule has 0 N–H and O–H groups in total. The van der Waals surface area contributed by atoms with Crippen molar-refractivity contribution in [2.24, 2.45) is 7.05 Å². The molecule has 2 aromatic rings. The van der Waals surface area contributed by atoms with E-state index in [1.54, 1.807) is 13.1 Å². The second-order valence-electron chi connectivity index (χ2n) is 6.30. The minimum atomic E-state index is -0.487. The highest BCUT2D eigenvalue weighted by atomic mass is 16.6. The first-order valence-electron chi connectivity index (χ1n) is 8.99. The Morgan fingerprint density at radius 2 is 1.81 bits per heavy atom. The van der Waals surface area contributed by atoms with Crippen LogP contribution in [0.5, 0.6) is 11.5 Å². The SMILES string of the molecule is CCCCCCCCOc1c(OC)c2ccc([N+](=O)[O-])cc2n(C)c1=O. The largest absolute Gasteiger partial charge is 0.492 e. The highest BCUT2D eigenvalue weighted by molar-refractivity contribution is 5.89. The molecule has 7 nitrogen and oxygen atoms in total. The monoisotopic (exact) mass is 362 g/mol. The Morgan fingerprint density at radius 1 is 1.12 bits per heavy atom. The summed E-state index contributed by atoms with van der Waals surface area (Å²) < 4.78 is 12.5. The van der Waals surface area contributed by atoms with Crippen molar-refractivity contribution in [1.82, 2.24) is 4.57 Å². The number of unbranched alkanes of at least 4 members (excludes halogenated alkanes) is 5. The van der Waals surface area contributed by atoms with E-state index < -0.39 is 4.92 Å². The van der Waals surface area contributed by atoms with Crippen LogP contribution in [0.2, 0.25) is 0 Å². The van der Waals surface area contributed by atoms with E-state index in [0.29, 0.717) is 23.3 Å². The first-order chi connectivity index (χ1) is 12.5. The number of nitro benzene ring substituents is 1. The van der Waals surface area contributed by atoms with Crippen LogP contribution in [0, 0.1) is 10.1 Å². The van der Waals surface area contributed by atoms with Crippen molar-refractivity contribution in [3.8, 4) is 11.5 Å². The Bertz CT molecular complexity index is 829. The number of non-ortho nitro benzene ring substituents is 1. The molecule has 26 heavy (non-hydrogen) atoms. The van der Waals surface area contributed by atoms with Crippen molar-refractivity contribution in [3.05, 3.63) is 38.7 Å². The molecule has 1 heterocycles. The zero-order chi connectivity index (χ0) is 19.1. The van der Waals surface area contributed by atoms with E-state index in [0.717, 1.165) is 19.3 Å². The maximum absolute atomic E-state index is 12.6. The predicted octanol–water partition coefficient (Wildman–Crippen LogP) is 4.19. The van der Waals surface area contributed by atoms with Crippen LogP contribution in [0.15, 0.2) is 23.0 Å². The second-order valence-corrected chi connectivity index (χ2v) is 6.30.